The number of aliphatic carboxylic acids is 1. The maximum absolute atomic E-state index is 14.4. The summed E-state index contributed by atoms with van der Waals surface area (Å²) < 4.78 is 7.44. The van der Waals surface area contributed by atoms with Crippen molar-refractivity contribution in [1.29, 1.82) is 0 Å². The molecule has 2 bridgehead atoms. The number of carboxylic acids is 1. The number of carboxylic acid groups (broad SMARTS) is 1. The first-order chi connectivity index (χ1) is 21.6. The molecule has 3 aromatic rings. The van der Waals surface area contributed by atoms with Crippen LogP contribution in [0.3, 0.4) is 0 Å². The van der Waals surface area contributed by atoms with Crippen LogP contribution in [0.4, 0.5) is 5.95 Å². The van der Waals surface area contributed by atoms with E-state index in [2.05, 4.69) is 49.1 Å². The molecule has 9 heteroatoms. The number of anilines is 1. The molecule has 0 spiro atoms. The van der Waals surface area contributed by atoms with E-state index in [-0.39, 0.29) is 41.0 Å². The number of carbonyl (C=O) groups excluding carboxylic acids is 1. The summed E-state index contributed by atoms with van der Waals surface area (Å²) in [6, 6.07) is 8.79. The molecule has 2 aromatic heterocycles. The minimum atomic E-state index is -0.757. The molecule has 4 saturated carbocycles. The van der Waals surface area contributed by atoms with Crippen molar-refractivity contribution in [1.82, 2.24) is 19.7 Å². The third-order valence-electron chi connectivity index (χ3n) is 11.1. The topological polar surface area (TPSA) is 110 Å². The highest BCUT2D eigenvalue weighted by Crippen LogP contribution is 2.58. The van der Waals surface area contributed by atoms with E-state index >= 15 is 0 Å². The van der Waals surface area contributed by atoms with Crippen LogP contribution < -0.4 is 9.64 Å². The zero-order chi connectivity index (χ0) is 31.8. The first kappa shape index (κ1) is 31.2. The fourth-order valence-corrected chi connectivity index (χ4v) is 8.20. The van der Waals surface area contributed by atoms with Gasteiger partial charge in [0.25, 0.3) is 0 Å². The molecule has 0 saturated heterocycles. The minimum absolute atomic E-state index is 0.0291. The number of nitrogens with zero attached hydrogens (tertiary/aromatic N) is 5. The number of ether oxygens (including phenoxy) is 1. The summed E-state index contributed by atoms with van der Waals surface area (Å²) in [7, 11) is 1.72. The Balaban J connectivity index is 1.25. The third kappa shape index (κ3) is 6.36. The van der Waals surface area contributed by atoms with E-state index in [1.165, 1.54) is 11.1 Å². The Morgan fingerprint density at radius 3 is 2.38 bits per heavy atom. The molecule has 0 aliphatic heterocycles. The molecule has 1 aromatic carbocycles. The average Bonchev–Trinajstić information content (AvgIpc) is 3.56. The Morgan fingerprint density at radius 2 is 1.78 bits per heavy atom. The Kier molecular flexibility index (Phi) is 8.72. The lowest BCUT2D eigenvalue weighted by molar-refractivity contribution is -0.138. The van der Waals surface area contributed by atoms with Gasteiger partial charge in [-0.3, -0.25) is 19.2 Å². The van der Waals surface area contributed by atoms with Gasteiger partial charge in [-0.25, -0.2) is 9.97 Å². The predicted octanol–water partition coefficient (Wildman–Crippen LogP) is 7.14. The van der Waals surface area contributed by atoms with Gasteiger partial charge in [0, 0.05) is 42.9 Å². The van der Waals surface area contributed by atoms with Gasteiger partial charge in [0.05, 0.1) is 19.0 Å². The molecule has 4 aliphatic carbocycles. The summed E-state index contributed by atoms with van der Waals surface area (Å²) in [6.45, 7) is 6.92. The number of fused-ring (bicyclic) bond motifs is 3. The largest absolute Gasteiger partial charge is 0.496 e. The van der Waals surface area contributed by atoms with Gasteiger partial charge in [0.15, 0.2) is 0 Å². The molecule has 0 unspecified atom stereocenters. The fourth-order valence-electron chi connectivity index (χ4n) is 8.20. The third-order valence-corrected chi connectivity index (χ3v) is 11.1. The molecule has 0 atom stereocenters. The SMILES string of the molecule is COc1ccc(C23CCC(CN(C(=O)C4CCC(CC(=O)O)CC4)c4nccc(-c5cnn(C(C)C)c5)n4)(CC2)CC3)cc1C. The van der Waals surface area contributed by atoms with Crippen LogP contribution in [-0.2, 0) is 15.0 Å². The summed E-state index contributed by atoms with van der Waals surface area (Å²) >= 11 is 0. The molecule has 2 heterocycles. The van der Waals surface area contributed by atoms with Gasteiger partial charge < -0.3 is 9.84 Å². The smallest absolute Gasteiger partial charge is 0.303 e. The van der Waals surface area contributed by atoms with Crippen molar-refractivity contribution < 1.29 is 19.4 Å². The maximum Gasteiger partial charge on any atom is 0.303 e. The van der Waals surface area contributed by atoms with E-state index < -0.39 is 5.97 Å². The summed E-state index contributed by atoms with van der Waals surface area (Å²) in [5.41, 5.74) is 4.47. The Morgan fingerprint density at radius 1 is 1.07 bits per heavy atom. The van der Waals surface area contributed by atoms with E-state index in [1.807, 2.05) is 28.0 Å². The van der Waals surface area contributed by atoms with Crippen molar-refractivity contribution in [2.75, 3.05) is 18.6 Å². The summed E-state index contributed by atoms with van der Waals surface area (Å²) in [5, 5.41) is 13.8. The number of methoxy groups -OCH3 is 1. The summed E-state index contributed by atoms with van der Waals surface area (Å²) in [4.78, 5) is 37.3. The first-order valence-corrected chi connectivity index (χ1v) is 16.7. The number of aromatic nitrogens is 4. The molecule has 0 radical (unpaired) electrons. The van der Waals surface area contributed by atoms with Crippen LogP contribution in [0.15, 0.2) is 42.9 Å². The Bertz CT molecular complexity index is 1520. The van der Waals surface area contributed by atoms with E-state index in [9.17, 15) is 14.7 Å². The Hall–Kier alpha value is -3.75. The molecular formula is C36H47N5O4. The molecular weight excluding hydrogens is 566 g/mol. The van der Waals surface area contributed by atoms with Crippen LogP contribution in [-0.4, -0.2) is 50.4 Å². The highest BCUT2D eigenvalue weighted by atomic mass is 16.5. The van der Waals surface area contributed by atoms with Crippen LogP contribution in [0, 0.1) is 24.2 Å². The van der Waals surface area contributed by atoms with Crippen LogP contribution in [0.25, 0.3) is 11.3 Å². The highest BCUT2D eigenvalue weighted by molar-refractivity contribution is 5.93. The quantitative estimate of drug-likeness (QED) is 0.259. The van der Waals surface area contributed by atoms with Gasteiger partial charge in [-0.15, -0.1) is 0 Å². The second kappa shape index (κ2) is 12.6. The number of hydrogen-bond acceptors (Lipinski definition) is 6. The molecule has 45 heavy (non-hydrogen) atoms. The van der Waals surface area contributed by atoms with Crippen molar-refractivity contribution in [3.63, 3.8) is 0 Å². The number of benzene rings is 1. The van der Waals surface area contributed by atoms with E-state index in [0.717, 1.165) is 68.4 Å². The average molecular weight is 614 g/mol. The van der Waals surface area contributed by atoms with Crippen molar-refractivity contribution in [2.24, 2.45) is 17.3 Å². The second-order valence-electron chi connectivity index (χ2n) is 14.2. The van der Waals surface area contributed by atoms with E-state index in [1.54, 1.807) is 13.3 Å². The second-order valence-corrected chi connectivity index (χ2v) is 14.2. The zero-order valence-electron chi connectivity index (χ0n) is 27.2. The van der Waals surface area contributed by atoms with E-state index in [0.29, 0.717) is 25.3 Å². The van der Waals surface area contributed by atoms with E-state index in [4.69, 9.17) is 9.72 Å². The molecule has 4 fully saturated rings. The van der Waals surface area contributed by atoms with Gasteiger partial charge in [-0.05, 0) is 125 Å². The lowest BCUT2D eigenvalue weighted by Crippen LogP contribution is -2.52. The maximum atomic E-state index is 14.4. The van der Waals surface area contributed by atoms with Gasteiger partial charge in [-0.2, -0.15) is 5.10 Å². The normalized spacial score (nSPS) is 26.2. The number of carbonyl (C=O) groups is 2. The van der Waals surface area contributed by atoms with Crippen LogP contribution in [0.5, 0.6) is 5.75 Å². The van der Waals surface area contributed by atoms with Crippen LogP contribution in [0.2, 0.25) is 0 Å². The molecule has 9 nitrogen and oxygen atoms in total. The van der Waals surface area contributed by atoms with Crippen molar-refractivity contribution in [2.45, 2.75) is 103 Å². The molecule has 1 N–H and O–H groups in total. The number of aryl methyl sites for hydroxylation is 1. The molecule has 1 amide bonds. The summed E-state index contributed by atoms with van der Waals surface area (Å²) in [5.74, 6) is 0.720. The predicted molar refractivity (Wildman–Crippen MR) is 173 cm³/mol. The first-order valence-electron chi connectivity index (χ1n) is 16.7. The van der Waals surface area contributed by atoms with Gasteiger partial charge >= 0.3 is 5.97 Å². The van der Waals surface area contributed by atoms with Crippen molar-refractivity contribution >= 4 is 17.8 Å². The molecule has 7 rings (SSSR count). The van der Waals surface area contributed by atoms with Gasteiger partial charge in [-0.1, -0.05) is 12.1 Å². The van der Waals surface area contributed by atoms with Crippen molar-refractivity contribution in [3.05, 3.63) is 54.0 Å². The van der Waals surface area contributed by atoms with Gasteiger partial charge in [0.2, 0.25) is 11.9 Å². The monoisotopic (exact) mass is 613 g/mol. The lowest BCUT2D eigenvalue weighted by Gasteiger charge is -2.55. The zero-order valence-corrected chi connectivity index (χ0v) is 27.2. The van der Waals surface area contributed by atoms with Gasteiger partial charge in [0.1, 0.15) is 5.75 Å². The van der Waals surface area contributed by atoms with Crippen molar-refractivity contribution in [3.8, 4) is 17.0 Å². The fraction of sp³-hybridized carbons (Fsp3) is 0.583. The highest BCUT2D eigenvalue weighted by Gasteiger charge is 2.51. The number of rotatable bonds is 10. The molecule has 4 aliphatic rings. The molecule has 240 valence electrons. The minimum Gasteiger partial charge on any atom is -0.496 e. The summed E-state index contributed by atoms with van der Waals surface area (Å²) in [6.07, 6.45) is 15.2. The Labute approximate surface area is 266 Å². The number of amides is 1. The number of hydrogen-bond donors (Lipinski definition) is 1. The van der Waals surface area contributed by atoms with Crippen LogP contribution in [0.1, 0.15) is 102 Å². The lowest BCUT2D eigenvalue weighted by atomic mass is 9.51. The van der Waals surface area contributed by atoms with Crippen LogP contribution >= 0.6 is 0 Å². The standard InChI is InChI=1S/C36H47N5O4/c1-24(2)41-22-28(21-38-41)30-11-18-37-34(39-30)40(33(44)27-7-5-26(6-8-27)20-32(42)43)23-35-12-15-36(16-13-35,17-14-35)29-9-10-31(45-4)25(3)19-29/h9-11,18-19,21-22,24,26-27H,5-8,12-17,20,23H2,1-4H3,(H,42,43).